The van der Waals surface area contributed by atoms with E-state index in [4.69, 9.17) is 0 Å². The number of hydrogen-bond donors (Lipinski definition) is 0. The molecule has 1 rings (SSSR count). The van der Waals surface area contributed by atoms with E-state index in [-0.39, 0.29) is 0 Å². The van der Waals surface area contributed by atoms with Gasteiger partial charge in [0.05, 0.1) is 0 Å². The minimum absolute atomic E-state index is 0.360. The zero-order valence-electron chi connectivity index (χ0n) is 5.97. The predicted molar refractivity (Wildman–Crippen MR) is 43.0 cm³/mol. The van der Waals surface area contributed by atoms with Gasteiger partial charge in [0.2, 0.25) is 0 Å². The van der Waals surface area contributed by atoms with Crippen LogP contribution >= 0.6 is 0 Å². The maximum absolute atomic E-state index is 2.45. The van der Waals surface area contributed by atoms with Gasteiger partial charge in [-0.25, -0.2) is 0 Å². The first-order chi connectivity index (χ1) is 4.43. The van der Waals surface area contributed by atoms with E-state index < -0.39 is 0 Å². The van der Waals surface area contributed by atoms with Gasteiger partial charge in [-0.3, -0.25) is 0 Å². The molecule has 0 aromatic rings. The second-order valence-electron chi connectivity index (χ2n) is 2.35. The summed E-state index contributed by atoms with van der Waals surface area (Å²) in [7, 11) is 0. The molecule has 0 radical (unpaired) electrons. The average Bonchev–Trinajstić information content (AvgIpc) is 1.91. The summed E-state index contributed by atoms with van der Waals surface area (Å²) in [5.74, 6) is 0. The van der Waals surface area contributed by atoms with Gasteiger partial charge in [-0.2, -0.15) is 0 Å². The van der Waals surface area contributed by atoms with Crippen molar-refractivity contribution < 1.29 is 0 Å². The number of hydrogen-bond acceptors (Lipinski definition) is 0. The van der Waals surface area contributed by atoms with Crippen LogP contribution in [0.2, 0.25) is 8.43 Å². The third-order valence-corrected chi connectivity index (χ3v) is 4.89. The second-order valence-corrected chi connectivity index (χ2v) is 6.68. The fraction of sp³-hybridized carbons (Fsp3) is 0.750. The van der Waals surface area contributed by atoms with Gasteiger partial charge in [0.1, 0.15) is 0 Å². The van der Waals surface area contributed by atoms with Crippen LogP contribution in [0.4, 0.5) is 0 Å². The third kappa shape index (κ3) is 2.74. The van der Waals surface area contributed by atoms with Crippen LogP contribution in [0, 0.1) is 0 Å². The molecule has 52 valence electrons. The van der Waals surface area contributed by atoms with Crippen molar-refractivity contribution >= 4 is 20.9 Å². The van der Waals surface area contributed by atoms with Gasteiger partial charge in [0.15, 0.2) is 0 Å². The summed E-state index contributed by atoms with van der Waals surface area (Å²) in [5.41, 5.74) is 0. The summed E-state index contributed by atoms with van der Waals surface area (Å²) in [6, 6.07) is 0. The van der Waals surface area contributed by atoms with E-state index in [2.05, 4.69) is 19.1 Å². The van der Waals surface area contributed by atoms with E-state index >= 15 is 0 Å². The Balaban J connectivity index is 2.23. The topological polar surface area (TPSA) is 0 Å². The maximum atomic E-state index is 2.45. The molecular formula is C8H14Te. The van der Waals surface area contributed by atoms with Crippen LogP contribution in [-0.2, 0) is 0 Å². The molecule has 0 bridgehead atoms. The molecule has 0 amide bonds. The molecule has 1 heteroatoms. The van der Waals surface area contributed by atoms with Gasteiger partial charge >= 0.3 is 67.7 Å². The summed E-state index contributed by atoms with van der Waals surface area (Å²) in [6.07, 6.45) is 9.11. The normalized spacial score (nSPS) is 26.6. The van der Waals surface area contributed by atoms with Gasteiger partial charge < -0.3 is 0 Å². The first-order valence-corrected chi connectivity index (χ1v) is 6.71. The predicted octanol–water partition coefficient (Wildman–Crippen LogP) is 2.66. The molecule has 0 aromatic carbocycles. The van der Waals surface area contributed by atoms with Crippen LogP contribution < -0.4 is 0 Å². The Morgan fingerprint density at radius 2 is 2.56 bits per heavy atom. The van der Waals surface area contributed by atoms with Gasteiger partial charge in [-0.1, -0.05) is 0 Å². The molecule has 0 N–H and O–H groups in total. The van der Waals surface area contributed by atoms with Crippen molar-refractivity contribution in [2.75, 3.05) is 0 Å². The third-order valence-electron chi connectivity index (χ3n) is 1.59. The van der Waals surface area contributed by atoms with E-state index in [1.165, 1.54) is 23.7 Å². The Bertz CT molecular complexity index is 96.7. The summed E-state index contributed by atoms with van der Waals surface area (Å²) in [4.78, 5) is 0. The molecule has 0 saturated carbocycles. The molecule has 1 aliphatic rings. The fourth-order valence-corrected chi connectivity index (χ4v) is 3.94. The second kappa shape index (κ2) is 4.36. The molecule has 0 spiro atoms. The molecule has 1 atom stereocenters. The standard InChI is InChI=1S/C8H14Te/c1-2-9-8-6-4-3-5-7-8/h4,6,8H,2-3,5,7H2,1H3. The Labute approximate surface area is 67.8 Å². The minimum atomic E-state index is 0.360. The van der Waals surface area contributed by atoms with E-state index in [0.29, 0.717) is 20.9 Å². The van der Waals surface area contributed by atoms with Crippen molar-refractivity contribution in [2.45, 2.75) is 34.6 Å². The molecule has 0 nitrogen and oxygen atoms in total. The molecule has 0 saturated heterocycles. The molecule has 0 aromatic heterocycles. The first-order valence-electron chi connectivity index (χ1n) is 3.71. The summed E-state index contributed by atoms with van der Waals surface area (Å²) >= 11 is 0.360. The average molecular weight is 238 g/mol. The van der Waals surface area contributed by atoms with E-state index in [1.54, 1.807) is 0 Å². The molecule has 0 fully saturated rings. The Kier molecular flexibility index (Phi) is 3.70. The Morgan fingerprint density at radius 1 is 1.67 bits per heavy atom. The monoisotopic (exact) mass is 240 g/mol. The molecule has 1 aliphatic carbocycles. The van der Waals surface area contributed by atoms with Crippen molar-refractivity contribution in [1.82, 2.24) is 0 Å². The first kappa shape index (κ1) is 7.63. The van der Waals surface area contributed by atoms with Crippen LogP contribution in [0.25, 0.3) is 0 Å². The summed E-state index contributed by atoms with van der Waals surface area (Å²) < 4.78 is 2.52. The number of allylic oxidation sites excluding steroid dienone is 2. The van der Waals surface area contributed by atoms with Crippen LogP contribution in [0.5, 0.6) is 0 Å². The number of rotatable bonds is 2. The molecule has 0 aliphatic heterocycles. The zero-order valence-corrected chi connectivity index (χ0v) is 8.30. The summed E-state index contributed by atoms with van der Waals surface area (Å²) in [5, 5.41) is 0. The van der Waals surface area contributed by atoms with Gasteiger partial charge in [0, 0.05) is 0 Å². The Morgan fingerprint density at radius 3 is 3.11 bits per heavy atom. The van der Waals surface area contributed by atoms with Crippen LogP contribution in [0.15, 0.2) is 12.2 Å². The molecule has 1 unspecified atom stereocenters. The molecule has 9 heavy (non-hydrogen) atoms. The Hall–Kier alpha value is 0.530. The zero-order chi connectivity index (χ0) is 6.53. The van der Waals surface area contributed by atoms with Gasteiger partial charge in [-0.05, 0) is 0 Å². The van der Waals surface area contributed by atoms with Crippen LogP contribution in [-0.4, -0.2) is 20.9 Å². The van der Waals surface area contributed by atoms with E-state index in [0.717, 1.165) is 3.97 Å². The SMILES string of the molecule is CC[Te]C1C=CCCC1. The quantitative estimate of drug-likeness (QED) is 0.512. The van der Waals surface area contributed by atoms with Crippen molar-refractivity contribution in [3.8, 4) is 0 Å². The van der Waals surface area contributed by atoms with Crippen molar-refractivity contribution in [1.29, 1.82) is 0 Å². The van der Waals surface area contributed by atoms with E-state index in [1.807, 2.05) is 0 Å². The van der Waals surface area contributed by atoms with Crippen molar-refractivity contribution in [3.63, 3.8) is 0 Å². The molecular weight excluding hydrogens is 224 g/mol. The summed E-state index contributed by atoms with van der Waals surface area (Å²) in [6.45, 7) is 2.32. The van der Waals surface area contributed by atoms with Crippen molar-refractivity contribution in [3.05, 3.63) is 12.2 Å². The van der Waals surface area contributed by atoms with Crippen LogP contribution in [0.3, 0.4) is 0 Å². The van der Waals surface area contributed by atoms with Crippen molar-refractivity contribution in [2.24, 2.45) is 0 Å². The molecule has 0 heterocycles. The fourth-order valence-electron chi connectivity index (χ4n) is 1.13. The van der Waals surface area contributed by atoms with Gasteiger partial charge in [-0.15, -0.1) is 0 Å². The van der Waals surface area contributed by atoms with E-state index in [9.17, 15) is 0 Å². The van der Waals surface area contributed by atoms with Gasteiger partial charge in [0.25, 0.3) is 0 Å². The van der Waals surface area contributed by atoms with Crippen LogP contribution in [0.1, 0.15) is 26.2 Å².